The molecule has 0 unspecified atom stereocenters. The number of likely N-dealkylation sites (N-methyl/N-ethyl adjacent to an activating group) is 1. The Labute approximate surface area is 113 Å². The molecular formula is C14H20N2O3. The van der Waals surface area contributed by atoms with E-state index in [4.69, 9.17) is 4.74 Å². The Hall–Kier alpha value is -1.75. The number of ether oxygens (including phenoxy) is 1. The number of ketones is 1. The highest BCUT2D eigenvalue weighted by Crippen LogP contribution is 2.02. The number of pyridine rings is 1. The molecule has 0 amide bonds. The number of Topliss-reactive ketones (excluding diaryl/α,β-unsaturated/α-hetero) is 1. The van der Waals surface area contributed by atoms with Crippen LogP contribution in [-0.2, 0) is 20.9 Å². The topological polar surface area (TPSA) is 59.5 Å². The van der Waals surface area contributed by atoms with Crippen LogP contribution in [0.1, 0.15) is 24.7 Å². The molecule has 1 heterocycles. The van der Waals surface area contributed by atoms with Gasteiger partial charge in [0.1, 0.15) is 6.42 Å². The first-order chi connectivity index (χ1) is 9.01. The molecule has 104 valence electrons. The minimum atomic E-state index is -0.463. The summed E-state index contributed by atoms with van der Waals surface area (Å²) >= 11 is 0. The first-order valence-corrected chi connectivity index (χ1v) is 6.29. The highest BCUT2D eigenvalue weighted by molar-refractivity contribution is 5.96. The van der Waals surface area contributed by atoms with Crippen LogP contribution < -0.4 is 0 Å². The summed E-state index contributed by atoms with van der Waals surface area (Å²) in [6.45, 7) is 4.74. The van der Waals surface area contributed by atoms with Crippen LogP contribution in [0.25, 0.3) is 0 Å². The number of rotatable bonds is 7. The van der Waals surface area contributed by atoms with Crippen LogP contribution in [0.3, 0.4) is 0 Å². The molecule has 0 aromatic carbocycles. The van der Waals surface area contributed by atoms with E-state index in [2.05, 4.69) is 4.98 Å². The molecule has 0 radical (unpaired) electrons. The van der Waals surface area contributed by atoms with Gasteiger partial charge in [0.25, 0.3) is 0 Å². The Kier molecular flexibility index (Phi) is 6.15. The van der Waals surface area contributed by atoms with Crippen molar-refractivity contribution in [1.82, 2.24) is 9.88 Å². The van der Waals surface area contributed by atoms with Gasteiger partial charge >= 0.3 is 5.97 Å². The molecule has 0 saturated carbocycles. The fourth-order valence-electron chi connectivity index (χ4n) is 1.75. The lowest BCUT2D eigenvalue weighted by atomic mass is 10.2. The third-order valence-corrected chi connectivity index (χ3v) is 2.47. The largest absolute Gasteiger partial charge is 0.466 e. The minimum absolute atomic E-state index is 0.145. The summed E-state index contributed by atoms with van der Waals surface area (Å²) in [5.74, 6) is -0.608. The molecule has 5 nitrogen and oxygen atoms in total. The zero-order valence-corrected chi connectivity index (χ0v) is 11.7. The Balaban J connectivity index is 2.40. The van der Waals surface area contributed by atoms with Crippen molar-refractivity contribution in [1.29, 1.82) is 0 Å². The quantitative estimate of drug-likeness (QED) is 0.549. The summed E-state index contributed by atoms with van der Waals surface area (Å²) in [6, 6.07) is 5.78. The highest BCUT2D eigenvalue weighted by Gasteiger charge is 2.13. The molecule has 5 heteroatoms. The van der Waals surface area contributed by atoms with E-state index in [1.165, 1.54) is 0 Å². The number of carbonyl (C=O) groups is 2. The smallest absolute Gasteiger partial charge is 0.313 e. The SMILES string of the molecule is CCOC(=O)CC(=O)CN(C)Cc1cccc(C)n1. The van der Waals surface area contributed by atoms with Crippen molar-refractivity contribution in [3.8, 4) is 0 Å². The molecule has 0 atom stereocenters. The van der Waals surface area contributed by atoms with Crippen LogP contribution >= 0.6 is 0 Å². The second-order valence-electron chi connectivity index (χ2n) is 4.46. The van der Waals surface area contributed by atoms with E-state index in [1.807, 2.05) is 37.1 Å². The molecule has 19 heavy (non-hydrogen) atoms. The van der Waals surface area contributed by atoms with Crippen LogP contribution in [-0.4, -0.2) is 41.8 Å². The fourth-order valence-corrected chi connectivity index (χ4v) is 1.75. The second-order valence-corrected chi connectivity index (χ2v) is 4.46. The summed E-state index contributed by atoms with van der Waals surface area (Å²) in [5, 5.41) is 0. The Morgan fingerprint density at radius 1 is 1.37 bits per heavy atom. The maximum absolute atomic E-state index is 11.6. The summed E-state index contributed by atoms with van der Waals surface area (Å²) in [5.41, 5.74) is 1.86. The molecule has 0 fully saturated rings. The van der Waals surface area contributed by atoms with E-state index >= 15 is 0 Å². The number of aryl methyl sites for hydroxylation is 1. The lowest BCUT2D eigenvalue weighted by Crippen LogP contribution is -2.27. The lowest BCUT2D eigenvalue weighted by molar-refractivity contribution is -0.145. The predicted molar refractivity (Wildman–Crippen MR) is 71.6 cm³/mol. The third-order valence-electron chi connectivity index (χ3n) is 2.47. The van der Waals surface area contributed by atoms with Gasteiger partial charge in [-0.25, -0.2) is 0 Å². The third kappa shape index (κ3) is 6.10. The van der Waals surface area contributed by atoms with Gasteiger partial charge in [0.15, 0.2) is 5.78 Å². The summed E-state index contributed by atoms with van der Waals surface area (Å²) < 4.78 is 4.74. The van der Waals surface area contributed by atoms with E-state index in [1.54, 1.807) is 6.92 Å². The Bertz CT molecular complexity index is 446. The number of hydrogen-bond acceptors (Lipinski definition) is 5. The van der Waals surface area contributed by atoms with Gasteiger partial charge in [0.2, 0.25) is 0 Å². The number of hydrogen-bond donors (Lipinski definition) is 0. The maximum Gasteiger partial charge on any atom is 0.313 e. The summed E-state index contributed by atoms with van der Waals surface area (Å²) in [4.78, 5) is 29.0. The van der Waals surface area contributed by atoms with Crippen molar-refractivity contribution >= 4 is 11.8 Å². The molecule has 1 aromatic rings. The van der Waals surface area contributed by atoms with Crippen molar-refractivity contribution in [2.75, 3.05) is 20.2 Å². The monoisotopic (exact) mass is 264 g/mol. The standard InChI is InChI=1S/C14H20N2O3/c1-4-19-14(18)8-13(17)10-16(3)9-12-7-5-6-11(2)15-12/h5-7H,4,8-10H2,1-3H3. The molecule has 0 N–H and O–H groups in total. The van der Waals surface area contributed by atoms with Gasteiger partial charge in [-0.05, 0) is 33.0 Å². The van der Waals surface area contributed by atoms with E-state index in [0.29, 0.717) is 13.2 Å². The van der Waals surface area contributed by atoms with Crippen molar-refractivity contribution in [3.05, 3.63) is 29.6 Å². The predicted octanol–water partition coefficient (Wildman–Crippen LogP) is 1.34. The van der Waals surface area contributed by atoms with Gasteiger partial charge in [0, 0.05) is 12.2 Å². The fraction of sp³-hybridized carbons (Fsp3) is 0.500. The van der Waals surface area contributed by atoms with Gasteiger partial charge in [-0.1, -0.05) is 6.07 Å². The second kappa shape index (κ2) is 7.63. The van der Waals surface area contributed by atoms with E-state index in [0.717, 1.165) is 11.4 Å². The van der Waals surface area contributed by atoms with Gasteiger partial charge in [-0.2, -0.15) is 0 Å². The normalized spacial score (nSPS) is 10.5. The number of esters is 1. The summed E-state index contributed by atoms with van der Waals surface area (Å²) in [6.07, 6.45) is -0.167. The molecule has 0 saturated heterocycles. The molecule has 0 aliphatic rings. The first-order valence-electron chi connectivity index (χ1n) is 6.29. The Morgan fingerprint density at radius 2 is 2.11 bits per heavy atom. The molecule has 1 aromatic heterocycles. The average molecular weight is 264 g/mol. The highest BCUT2D eigenvalue weighted by atomic mass is 16.5. The zero-order valence-electron chi connectivity index (χ0n) is 11.7. The molecule has 0 spiro atoms. The van der Waals surface area contributed by atoms with Crippen molar-refractivity contribution < 1.29 is 14.3 Å². The average Bonchev–Trinajstić information content (AvgIpc) is 2.28. The van der Waals surface area contributed by atoms with Gasteiger partial charge in [-0.15, -0.1) is 0 Å². The van der Waals surface area contributed by atoms with Crippen LogP contribution in [0.15, 0.2) is 18.2 Å². The molecule has 0 aliphatic heterocycles. The van der Waals surface area contributed by atoms with Crippen LogP contribution in [0.5, 0.6) is 0 Å². The minimum Gasteiger partial charge on any atom is -0.466 e. The van der Waals surface area contributed by atoms with Gasteiger partial charge in [-0.3, -0.25) is 19.5 Å². The zero-order chi connectivity index (χ0) is 14.3. The van der Waals surface area contributed by atoms with Crippen molar-refractivity contribution in [3.63, 3.8) is 0 Å². The molecule has 0 aliphatic carbocycles. The van der Waals surface area contributed by atoms with E-state index < -0.39 is 5.97 Å². The van der Waals surface area contributed by atoms with Crippen molar-refractivity contribution in [2.24, 2.45) is 0 Å². The molecular weight excluding hydrogens is 244 g/mol. The lowest BCUT2D eigenvalue weighted by Gasteiger charge is -2.15. The van der Waals surface area contributed by atoms with Crippen LogP contribution in [0.4, 0.5) is 0 Å². The van der Waals surface area contributed by atoms with Crippen LogP contribution in [0, 0.1) is 6.92 Å². The molecule has 1 rings (SSSR count). The number of carbonyl (C=O) groups excluding carboxylic acids is 2. The number of aromatic nitrogens is 1. The summed E-state index contributed by atoms with van der Waals surface area (Å²) in [7, 11) is 1.83. The van der Waals surface area contributed by atoms with Crippen LogP contribution in [0.2, 0.25) is 0 Å². The number of nitrogens with zero attached hydrogens (tertiary/aromatic N) is 2. The van der Waals surface area contributed by atoms with E-state index in [-0.39, 0.29) is 18.7 Å². The first kappa shape index (κ1) is 15.3. The van der Waals surface area contributed by atoms with Gasteiger partial charge < -0.3 is 4.74 Å². The van der Waals surface area contributed by atoms with Gasteiger partial charge in [0.05, 0.1) is 18.8 Å². The maximum atomic E-state index is 11.6. The van der Waals surface area contributed by atoms with Crippen molar-refractivity contribution in [2.45, 2.75) is 26.8 Å². The Morgan fingerprint density at radius 3 is 2.74 bits per heavy atom. The van der Waals surface area contributed by atoms with E-state index in [9.17, 15) is 9.59 Å². The molecule has 0 bridgehead atoms.